The predicted molar refractivity (Wildman–Crippen MR) is 90.1 cm³/mol. The normalized spacial score (nSPS) is 16.8. The molecule has 120 valence electrons. The van der Waals surface area contributed by atoms with Gasteiger partial charge in [-0.2, -0.15) is 0 Å². The number of nitrogens with two attached hydrogens (primary N) is 1. The van der Waals surface area contributed by atoms with Gasteiger partial charge in [0.2, 0.25) is 0 Å². The van der Waals surface area contributed by atoms with Gasteiger partial charge in [-0.1, -0.05) is 23.9 Å². The van der Waals surface area contributed by atoms with E-state index in [1.165, 1.54) is 23.1 Å². The Balaban J connectivity index is 1.86. The fourth-order valence-electron chi connectivity index (χ4n) is 2.47. The van der Waals surface area contributed by atoms with Gasteiger partial charge in [0.15, 0.2) is 0 Å². The molecule has 6 nitrogen and oxygen atoms in total. The maximum atomic E-state index is 11.4. The molecular weight excluding hydrogens is 335 g/mol. The van der Waals surface area contributed by atoms with E-state index in [4.69, 9.17) is 10.4 Å². The Bertz CT molecular complexity index is 752. The lowest BCUT2D eigenvalue weighted by Gasteiger charge is -2.28. The van der Waals surface area contributed by atoms with Crippen LogP contribution in [0.5, 0.6) is 5.75 Å². The molecule has 3 rings (SSSR count). The number of thioether (sulfide) groups is 1. The van der Waals surface area contributed by atoms with Gasteiger partial charge < -0.3 is 20.5 Å². The van der Waals surface area contributed by atoms with Crippen LogP contribution in [-0.4, -0.2) is 33.4 Å². The number of hydrogen-bond acceptors (Lipinski definition) is 7. The van der Waals surface area contributed by atoms with E-state index in [1.54, 1.807) is 19.2 Å². The highest BCUT2D eigenvalue weighted by Gasteiger charge is 2.38. The molecule has 1 aromatic heterocycles. The van der Waals surface area contributed by atoms with Crippen molar-refractivity contribution < 1.29 is 19.6 Å². The summed E-state index contributed by atoms with van der Waals surface area (Å²) >= 11 is 2.91. The molecule has 0 saturated carbocycles. The molecule has 0 fully saturated rings. The number of benzene rings is 1. The van der Waals surface area contributed by atoms with Crippen LogP contribution in [0.3, 0.4) is 0 Å². The van der Waals surface area contributed by atoms with Crippen molar-refractivity contribution in [3.63, 3.8) is 0 Å². The van der Waals surface area contributed by atoms with Gasteiger partial charge in [-0.25, -0.2) is 9.78 Å². The Hall–Kier alpha value is -1.55. The molecule has 1 atom stereocenters. The number of aromatic carboxylic acids is 1. The number of rotatable bonds is 4. The van der Waals surface area contributed by atoms with Crippen molar-refractivity contribution >= 4 is 36.2 Å². The fraction of sp³-hybridized carbons (Fsp3) is 0.286. The van der Waals surface area contributed by atoms with E-state index < -0.39 is 13.1 Å². The summed E-state index contributed by atoms with van der Waals surface area (Å²) in [5.41, 5.74) is 7.09. The molecule has 23 heavy (non-hydrogen) atoms. The molecule has 0 aliphatic carbocycles. The van der Waals surface area contributed by atoms with Gasteiger partial charge in [0, 0.05) is 17.6 Å². The van der Waals surface area contributed by atoms with E-state index in [9.17, 15) is 14.9 Å². The molecule has 0 spiro atoms. The number of carboxylic acids is 1. The topological polar surface area (TPSA) is 106 Å². The first-order valence-corrected chi connectivity index (χ1v) is 8.71. The SMILES string of the molecule is Cc1ccc2c(c1C(=O)O)OB(O)[C@@H](Sc1ncc(CN)s1)C2. The first kappa shape index (κ1) is 16.3. The summed E-state index contributed by atoms with van der Waals surface area (Å²) in [6.45, 7) is 2.15. The van der Waals surface area contributed by atoms with Crippen molar-refractivity contribution in [1.29, 1.82) is 0 Å². The van der Waals surface area contributed by atoms with Gasteiger partial charge in [0.25, 0.3) is 0 Å². The number of thiazole rings is 1. The second kappa shape index (κ2) is 6.52. The molecule has 1 aromatic carbocycles. The molecule has 0 amide bonds. The van der Waals surface area contributed by atoms with Crippen molar-refractivity contribution in [2.45, 2.75) is 29.4 Å². The van der Waals surface area contributed by atoms with Crippen LogP contribution in [0, 0.1) is 6.92 Å². The van der Waals surface area contributed by atoms with Crippen LogP contribution in [0.4, 0.5) is 0 Å². The number of aromatic nitrogens is 1. The largest absolute Gasteiger partial charge is 0.537 e. The highest BCUT2D eigenvalue weighted by Crippen LogP contribution is 2.38. The van der Waals surface area contributed by atoms with Crippen molar-refractivity contribution in [3.05, 3.63) is 39.9 Å². The summed E-state index contributed by atoms with van der Waals surface area (Å²) in [5.74, 6) is -0.784. The lowest BCUT2D eigenvalue weighted by Crippen LogP contribution is -2.40. The highest BCUT2D eigenvalue weighted by molar-refractivity contribution is 8.02. The second-order valence-corrected chi connectivity index (χ2v) is 7.82. The maximum Gasteiger partial charge on any atom is 0.537 e. The smallest absolute Gasteiger partial charge is 0.535 e. The van der Waals surface area contributed by atoms with Gasteiger partial charge in [0.05, 0.1) is 5.15 Å². The minimum absolute atomic E-state index is 0.115. The third-order valence-corrected chi connectivity index (χ3v) is 5.99. The molecule has 0 bridgehead atoms. The van der Waals surface area contributed by atoms with Crippen LogP contribution in [0.1, 0.15) is 26.4 Å². The average molecular weight is 350 g/mol. The number of carbonyl (C=O) groups is 1. The molecule has 0 unspecified atom stereocenters. The van der Waals surface area contributed by atoms with E-state index in [1.807, 2.05) is 6.07 Å². The zero-order valence-corrected chi connectivity index (χ0v) is 14.0. The van der Waals surface area contributed by atoms with E-state index >= 15 is 0 Å². The lowest BCUT2D eigenvalue weighted by molar-refractivity contribution is 0.0693. The van der Waals surface area contributed by atoms with Crippen molar-refractivity contribution in [3.8, 4) is 5.75 Å². The second-order valence-electron chi connectivity index (χ2n) is 5.22. The third kappa shape index (κ3) is 3.23. The minimum Gasteiger partial charge on any atom is -0.535 e. The summed E-state index contributed by atoms with van der Waals surface area (Å²) < 4.78 is 6.34. The summed E-state index contributed by atoms with van der Waals surface area (Å²) in [7, 11) is -1.09. The lowest BCUT2D eigenvalue weighted by atomic mass is 9.77. The van der Waals surface area contributed by atoms with E-state index in [0.29, 0.717) is 18.5 Å². The third-order valence-electron chi connectivity index (χ3n) is 3.62. The van der Waals surface area contributed by atoms with Crippen molar-refractivity contribution in [2.75, 3.05) is 0 Å². The van der Waals surface area contributed by atoms with E-state index in [-0.39, 0.29) is 16.5 Å². The molecular formula is C14H15BN2O4S2. The summed E-state index contributed by atoms with van der Waals surface area (Å²) in [6, 6.07) is 3.62. The Morgan fingerprint density at radius 3 is 3.04 bits per heavy atom. The molecule has 4 N–H and O–H groups in total. The van der Waals surface area contributed by atoms with Gasteiger partial charge in [-0.3, -0.25) is 0 Å². The monoisotopic (exact) mass is 350 g/mol. The van der Waals surface area contributed by atoms with Crippen LogP contribution in [0.25, 0.3) is 0 Å². The summed E-state index contributed by atoms with van der Waals surface area (Å²) in [6.07, 6.45) is 2.24. The first-order valence-electron chi connectivity index (χ1n) is 7.01. The number of fused-ring (bicyclic) bond motifs is 1. The van der Waals surface area contributed by atoms with Crippen LogP contribution in [0.2, 0.25) is 0 Å². The molecule has 0 radical (unpaired) electrons. The van der Waals surface area contributed by atoms with Crippen LogP contribution in [0.15, 0.2) is 22.7 Å². The number of hydrogen-bond donors (Lipinski definition) is 3. The number of nitrogens with zero attached hydrogens (tertiary/aromatic N) is 1. The quantitative estimate of drug-likeness (QED) is 0.721. The Kier molecular flexibility index (Phi) is 4.63. The van der Waals surface area contributed by atoms with Crippen molar-refractivity contribution in [2.24, 2.45) is 5.73 Å². The number of carboxylic acid groups (broad SMARTS) is 1. The summed E-state index contributed by atoms with van der Waals surface area (Å²) in [4.78, 5) is 16.7. The zero-order valence-electron chi connectivity index (χ0n) is 12.4. The van der Waals surface area contributed by atoms with E-state index in [0.717, 1.165) is 14.8 Å². The molecule has 9 heteroatoms. The van der Waals surface area contributed by atoms with Gasteiger partial charge >= 0.3 is 13.1 Å². The van der Waals surface area contributed by atoms with Crippen LogP contribution >= 0.6 is 23.1 Å². The maximum absolute atomic E-state index is 11.4. The fourth-order valence-corrected chi connectivity index (χ4v) is 4.68. The van der Waals surface area contributed by atoms with Gasteiger partial charge in [-0.15, -0.1) is 11.3 Å². The minimum atomic E-state index is -1.09. The van der Waals surface area contributed by atoms with Gasteiger partial charge in [0.1, 0.15) is 15.7 Å². The standard InChI is InChI=1S/C14H15BN2O4S2/c1-7-2-3-8-4-10(23-14-17-6-9(5-16)22-14)15(20)21-12(8)11(7)13(18)19/h2-3,6,10,20H,4-5,16H2,1H3,(H,18,19)/t10-/m0/s1. The zero-order chi connectivity index (χ0) is 16.6. The Morgan fingerprint density at radius 2 is 2.39 bits per heavy atom. The average Bonchev–Trinajstić information content (AvgIpc) is 2.95. The van der Waals surface area contributed by atoms with E-state index in [2.05, 4.69) is 4.98 Å². The molecule has 2 aromatic rings. The molecule has 2 heterocycles. The van der Waals surface area contributed by atoms with Crippen LogP contribution < -0.4 is 10.4 Å². The molecule has 0 saturated heterocycles. The number of aryl methyl sites for hydroxylation is 1. The molecule has 1 aliphatic heterocycles. The first-order chi connectivity index (χ1) is 11.0. The summed E-state index contributed by atoms with van der Waals surface area (Å²) in [5, 5.41) is 19.4. The van der Waals surface area contributed by atoms with Crippen molar-refractivity contribution in [1.82, 2.24) is 4.98 Å². The predicted octanol–water partition coefficient (Wildman–Crippen LogP) is 1.72. The molecule has 1 aliphatic rings. The van der Waals surface area contributed by atoms with Gasteiger partial charge in [-0.05, 0) is 24.5 Å². The Labute approximate surface area is 141 Å². The highest BCUT2D eigenvalue weighted by atomic mass is 32.2. The Morgan fingerprint density at radius 1 is 1.61 bits per heavy atom. The van der Waals surface area contributed by atoms with Crippen LogP contribution in [-0.2, 0) is 13.0 Å².